The summed E-state index contributed by atoms with van der Waals surface area (Å²) in [4.78, 5) is 0. The Labute approximate surface area is 195 Å². The molecule has 1 saturated carbocycles. The van der Waals surface area contributed by atoms with Crippen molar-refractivity contribution < 1.29 is 45.3 Å². The number of hydrogen-bond donors (Lipinski definition) is 0. The molecule has 1 aliphatic heterocycles. The van der Waals surface area contributed by atoms with E-state index in [1.807, 2.05) is 0 Å². The molecule has 0 aromatic heterocycles. The minimum absolute atomic E-state index is 0.00100. The molecule has 1 heterocycles. The zero-order valence-corrected chi connectivity index (χ0v) is 19.0. The van der Waals surface area contributed by atoms with Gasteiger partial charge < -0.3 is 18.9 Å². The lowest BCUT2D eigenvalue weighted by Gasteiger charge is -2.39. The highest BCUT2D eigenvalue weighted by Gasteiger charge is 2.48. The predicted molar refractivity (Wildman–Crippen MR) is 112 cm³/mol. The summed E-state index contributed by atoms with van der Waals surface area (Å²) in [5.41, 5.74) is 0. The fraction of sp³-hybridized carbons (Fsp3) is 0.667. The van der Waals surface area contributed by atoms with E-state index < -0.39 is 41.6 Å². The van der Waals surface area contributed by atoms with Crippen molar-refractivity contribution in [1.82, 2.24) is 0 Å². The van der Waals surface area contributed by atoms with E-state index in [9.17, 15) is 26.3 Å². The Morgan fingerprint density at radius 2 is 1.62 bits per heavy atom. The highest BCUT2D eigenvalue weighted by molar-refractivity contribution is 5.35. The van der Waals surface area contributed by atoms with Crippen molar-refractivity contribution in [3.8, 4) is 11.5 Å². The lowest BCUT2D eigenvalue weighted by atomic mass is 9.74. The van der Waals surface area contributed by atoms with Crippen LogP contribution in [0.3, 0.4) is 0 Å². The van der Waals surface area contributed by atoms with Crippen LogP contribution >= 0.6 is 0 Å². The van der Waals surface area contributed by atoms with Crippen molar-refractivity contribution in [3.63, 3.8) is 0 Å². The first-order chi connectivity index (χ1) is 16.2. The Kier molecular flexibility index (Phi) is 9.53. The largest absolute Gasteiger partial charge is 0.453 e. The molecule has 1 aliphatic carbocycles. The van der Waals surface area contributed by atoms with Gasteiger partial charge in [0.15, 0.2) is 23.6 Å². The van der Waals surface area contributed by atoms with Gasteiger partial charge in [0, 0.05) is 18.1 Å². The van der Waals surface area contributed by atoms with Gasteiger partial charge in [-0.25, -0.2) is 8.78 Å². The normalized spacial score (nSPS) is 25.6. The van der Waals surface area contributed by atoms with Crippen LogP contribution in [0.1, 0.15) is 58.3 Å². The van der Waals surface area contributed by atoms with Crippen LogP contribution in [0, 0.1) is 29.4 Å². The van der Waals surface area contributed by atoms with Gasteiger partial charge in [0.25, 0.3) is 6.29 Å². The van der Waals surface area contributed by atoms with E-state index in [-0.39, 0.29) is 25.4 Å². The highest BCUT2D eigenvalue weighted by Crippen LogP contribution is 2.39. The van der Waals surface area contributed by atoms with E-state index in [4.69, 9.17) is 9.47 Å². The molecule has 0 radical (unpaired) electrons. The topological polar surface area (TPSA) is 36.9 Å². The molecule has 34 heavy (non-hydrogen) atoms. The third-order valence-corrected chi connectivity index (χ3v) is 6.46. The Bertz CT molecular complexity index is 791. The van der Waals surface area contributed by atoms with Gasteiger partial charge >= 0.3 is 12.2 Å². The zero-order valence-electron chi connectivity index (χ0n) is 19.0. The van der Waals surface area contributed by atoms with Gasteiger partial charge in [0.05, 0.1) is 13.2 Å². The molecule has 1 saturated heterocycles. The minimum atomic E-state index is -4.03. The van der Waals surface area contributed by atoms with E-state index in [0.29, 0.717) is 18.1 Å². The maximum absolute atomic E-state index is 14.5. The maximum Gasteiger partial charge on any atom is 0.451 e. The fourth-order valence-electron chi connectivity index (χ4n) is 4.63. The third kappa shape index (κ3) is 7.28. The second kappa shape index (κ2) is 12.2. The minimum Gasteiger partial charge on any atom is -0.453 e. The summed E-state index contributed by atoms with van der Waals surface area (Å²) in [6, 6.07) is 0.807. The number of alkyl halides is 2. The second-order valence-corrected chi connectivity index (χ2v) is 8.94. The monoisotopic (exact) mass is 496 g/mol. The van der Waals surface area contributed by atoms with Crippen molar-refractivity contribution >= 4 is 0 Å². The quantitative estimate of drug-likeness (QED) is 0.192. The molecule has 0 amide bonds. The first-order valence-electron chi connectivity index (χ1n) is 11.7. The van der Waals surface area contributed by atoms with E-state index in [1.54, 1.807) is 0 Å². The molecule has 1 aromatic rings. The molecule has 192 valence electrons. The van der Waals surface area contributed by atoms with Crippen LogP contribution in [0.4, 0.5) is 26.3 Å². The molecule has 2 fully saturated rings. The number of halogens is 6. The van der Waals surface area contributed by atoms with Crippen LogP contribution < -0.4 is 9.47 Å². The van der Waals surface area contributed by atoms with E-state index in [1.165, 1.54) is 25.7 Å². The molecular formula is C24H30F6O4. The number of benzene rings is 1. The third-order valence-electron chi connectivity index (χ3n) is 6.46. The average molecular weight is 496 g/mol. The predicted octanol–water partition coefficient (Wildman–Crippen LogP) is 7.43. The smallest absolute Gasteiger partial charge is 0.451 e. The van der Waals surface area contributed by atoms with Gasteiger partial charge in [-0.3, -0.25) is 0 Å². The van der Waals surface area contributed by atoms with Crippen LogP contribution in [0.2, 0.25) is 0 Å². The van der Waals surface area contributed by atoms with E-state index >= 15 is 0 Å². The van der Waals surface area contributed by atoms with Gasteiger partial charge in [0.1, 0.15) is 5.75 Å². The molecule has 10 heteroatoms. The average Bonchev–Trinajstić information content (AvgIpc) is 2.79. The van der Waals surface area contributed by atoms with Crippen LogP contribution in [-0.4, -0.2) is 25.6 Å². The summed E-state index contributed by atoms with van der Waals surface area (Å²) >= 11 is 0. The first-order valence-corrected chi connectivity index (χ1v) is 11.7. The molecule has 2 aliphatic rings. The molecule has 4 nitrogen and oxygen atoms in total. The number of ether oxygens (including phenoxy) is 4. The summed E-state index contributed by atoms with van der Waals surface area (Å²) in [6.45, 7) is 2.33. The van der Waals surface area contributed by atoms with Crippen LogP contribution in [0.25, 0.3) is 0 Å². The Morgan fingerprint density at radius 1 is 1.00 bits per heavy atom. The van der Waals surface area contributed by atoms with Gasteiger partial charge in [-0.15, -0.1) is 0 Å². The summed E-state index contributed by atoms with van der Waals surface area (Å²) in [5.74, 6) is -3.94. The molecule has 0 atom stereocenters. The molecule has 0 bridgehead atoms. The number of rotatable bonds is 10. The van der Waals surface area contributed by atoms with Crippen molar-refractivity contribution in [1.29, 1.82) is 0 Å². The number of hydrogen-bond acceptors (Lipinski definition) is 4. The summed E-state index contributed by atoms with van der Waals surface area (Å²) in [7, 11) is 0. The Morgan fingerprint density at radius 3 is 2.18 bits per heavy atom. The van der Waals surface area contributed by atoms with E-state index in [2.05, 4.69) is 16.4 Å². The summed E-state index contributed by atoms with van der Waals surface area (Å²) in [6.07, 6.45) is 0.632. The highest BCUT2D eigenvalue weighted by atomic mass is 19.3. The zero-order chi connectivity index (χ0) is 24.7. The number of unbranched alkanes of at least 4 members (excludes halogenated alkanes) is 2. The Balaban J connectivity index is 1.50. The molecule has 0 N–H and O–H groups in total. The fourth-order valence-corrected chi connectivity index (χ4v) is 4.63. The lowest BCUT2D eigenvalue weighted by Crippen LogP contribution is -2.49. The van der Waals surface area contributed by atoms with Gasteiger partial charge in [0.2, 0.25) is 0 Å². The van der Waals surface area contributed by atoms with Crippen LogP contribution in [0.15, 0.2) is 24.5 Å². The van der Waals surface area contributed by atoms with Gasteiger partial charge in [-0.2, -0.15) is 17.6 Å². The molecule has 0 unspecified atom stereocenters. The van der Waals surface area contributed by atoms with Crippen molar-refractivity contribution in [2.75, 3.05) is 13.2 Å². The van der Waals surface area contributed by atoms with Gasteiger partial charge in [-0.05, 0) is 24.7 Å². The Hall–Kier alpha value is -1.94. The van der Waals surface area contributed by atoms with Crippen molar-refractivity contribution in [3.05, 3.63) is 36.1 Å². The second-order valence-electron chi connectivity index (χ2n) is 8.94. The first kappa shape index (κ1) is 26.7. The molecule has 3 rings (SSSR count). The molecule has 1 aromatic carbocycles. The SMILES string of the molecule is CCCCCC1CCC(C2COC(C(F)(F)Oc3cc(F)c(OC=C(F)F)c(F)c3)OC2)CC1. The lowest BCUT2D eigenvalue weighted by molar-refractivity contribution is -0.354. The summed E-state index contributed by atoms with van der Waals surface area (Å²) < 4.78 is 100. The van der Waals surface area contributed by atoms with Crippen LogP contribution in [0.5, 0.6) is 11.5 Å². The van der Waals surface area contributed by atoms with Crippen molar-refractivity contribution in [2.45, 2.75) is 70.7 Å². The van der Waals surface area contributed by atoms with E-state index in [0.717, 1.165) is 31.6 Å². The van der Waals surface area contributed by atoms with Crippen LogP contribution in [-0.2, 0) is 9.47 Å². The van der Waals surface area contributed by atoms with Gasteiger partial charge in [-0.1, -0.05) is 45.4 Å². The standard InChI is InChI=1S/C24H30F6O4/c1-2-3-4-5-15-6-8-16(9-7-15)17-12-32-23(33-13-17)24(29,30)34-18-10-19(25)22(20(26)11-18)31-14-21(27)28/h10-11,14-17,23H,2-9,12-13H2,1H3. The molecule has 0 spiro atoms. The summed E-state index contributed by atoms with van der Waals surface area (Å²) in [5, 5.41) is 0. The molecular weight excluding hydrogens is 466 g/mol. The van der Waals surface area contributed by atoms with Crippen molar-refractivity contribution in [2.24, 2.45) is 17.8 Å². The maximum atomic E-state index is 14.5.